The Hall–Kier alpha value is -2.57. The van der Waals surface area contributed by atoms with Gasteiger partial charge in [0.1, 0.15) is 0 Å². The summed E-state index contributed by atoms with van der Waals surface area (Å²) in [6, 6.07) is 13.8. The highest BCUT2D eigenvalue weighted by atomic mass is 35.5. The molecule has 4 rings (SSSR count). The van der Waals surface area contributed by atoms with Crippen LogP contribution >= 0.6 is 22.9 Å². The molecule has 0 spiro atoms. The molecule has 3 aromatic rings. The molecule has 1 aromatic heterocycles. The van der Waals surface area contributed by atoms with E-state index in [0.29, 0.717) is 13.1 Å². The Kier molecular flexibility index (Phi) is 5.74. The lowest BCUT2D eigenvalue weighted by Crippen LogP contribution is -2.50. The maximum atomic E-state index is 12.6. The number of carbonyl (C=O) groups is 1. The number of urea groups is 1. The van der Waals surface area contributed by atoms with Gasteiger partial charge >= 0.3 is 6.03 Å². The molecule has 150 valence electrons. The topological polar surface area (TPSA) is 48.5 Å². The second kappa shape index (κ2) is 8.43. The number of hydrogen-bond acceptors (Lipinski definition) is 4. The molecular weight excluding hydrogens is 404 g/mol. The highest BCUT2D eigenvalue weighted by Gasteiger charge is 2.23. The lowest BCUT2D eigenvalue weighted by Gasteiger charge is -2.34. The van der Waals surface area contributed by atoms with Crippen molar-refractivity contribution in [2.75, 3.05) is 36.4 Å². The average molecular weight is 427 g/mol. The first-order valence-corrected chi connectivity index (χ1v) is 10.8. The molecular formula is C22H23ClN4OS. The molecule has 5 nitrogen and oxygen atoms in total. The molecule has 0 radical (unpaired) electrons. The van der Waals surface area contributed by atoms with Gasteiger partial charge in [-0.3, -0.25) is 0 Å². The summed E-state index contributed by atoms with van der Waals surface area (Å²) in [6.45, 7) is 6.96. The van der Waals surface area contributed by atoms with E-state index in [0.717, 1.165) is 51.3 Å². The quantitative estimate of drug-likeness (QED) is 0.607. The molecule has 0 aliphatic carbocycles. The zero-order valence-corrected chi connectivity index (χ0v) is 18.1. The number of halogens is 1. The number of hydrogen-bond donors (Lipinski definition) is 1. The molecule has 0 atom stereocenters. The van der Waals surface area contributed by atoms with Crippen molar-refractivity contribution in [3.63, 3.8) is 0 Å². The summed E-state index contributed by atoms with van der Waals surface area (Å²) in [5.74, 6) is 0. The highest BCUT2D eigenvalue weighted by Crippen LogP contribution is 2.29. The van der Waals surface area contributed by atoms with Gasteiger partial charge in [0.25, 0.3) is 0 Å². The van der Waals surface area contributed by atoms with Gasteiger partial charge in [0.05, 0.1) is 5.69 Å². The van der Waals surface area contributed by atoms with E-state index < -0.39 is 0 Å². The minimum atomic E-state index is -0.0457. The normalized spacial score (nSPS) is 14.2. The second-order valence-corrected chi connectivity index (χ2v) is 8.58. The molecule has 1 saturated heterocycles. The SMILES string of the molecule is Cc1cc(C)cc(NC(=O)N2CCN(c3nc(-c4ccc(Cl)cc4)cs3)CC2)c1. The van der Waals surface area contributed by atoms with E-state index in [9.17, 15) is 4.79 Å². The zero-order chi connectivity index (χ0) is 20.4. The number of rotatable bonds is 3. The Balaban J connectivity index is 1.35. The van der Waals surface area contributed by atoms with Crippen LogP contribution in [0.2, 0.25) is 5.02 Å². The van der Waals surface area contributed by atoms with Crippen molar-refractivity contribution in [2.45, 2.75) is 13.8 Å². The summed E-state index contributed by atoms with van der Waals surface area (Å²) in [7, 11) is 0. The Morgan fingerprint density at radius 1 is 1.03 bits per heavy atom. The van der Waals surface area contributed by atoms with Crippen LogP contribution in [-0.2, 0) is 0 Å². The molecule has 1 aliphatic heterocycles. The Bertz CT molecular complexity index is 990. The molecule has 0 saturated carbocycles. The number of anilines is 2. The van der Waals surface area contributed by atoms with Crippen LogP contribution in [0.15, 0.2) is 47.8 Å². The van der Waals surface area contributed by atoms with E-state index in [1.54, 1.807) is 11.3 Å². The fraction of sp³-hybridized carbons (Fsp3) is 0.273. The van der Waals surface area contributed by atoms with Crippen molar-refractivity contribution in [3.05, 3.63) is 64.0 Å². The third-order valence-electron chi connectivity index (χ3n) is 4.94. The van der Waals surface area contributed by atoms with E-state index in [2.05, 4.69) is 21.7 Å². The minimum Gasteiger partial charge on any atom is -0.345 e. The summed E-state index contributed by atoms with van der Waals surface area (Å²) < 4.78 is 0. The Morgan fingerprint density at radius 3 is 2.34 bits per heavy atom. The summed E-state index contributed by atoms with van der Waals surface area (Å²) in [5.41, 5.74) is 5.15. The highest BCUT2D eigenvalue weighted by molar-refractivity contribution is 7.14. The van der Waals surface area contributed by atoms with Crippen LogP contribution < -0.4 is 10.2 Å². The fourth-order valence-corrected chi connectivity index (χ4v) is 4.53. The molecule has 29 heavy (non-hydrogen) atoms. The minimum absolute atomic E-state index is 0.0457. The monoisotopic (exact) mass is 426 g/mol. The lowest BCUT2D eigenvalue weighted by atomic mass is 10.1. The van der Waals surface area contributed by atoms with Gasteiger partial charge in [-0.15, -0.1) is 11.3 Å². The number of amides is 2. The summed E-state index contributed by atoms with van der Waals surface area (Å²) in [4.78, 5) is 21.5. The van der Waals surface area contributed by atoms with Gasteiger partial charge in [-0.2, -0.15) is 0 Å². The third kappa shape index (κ3) is 4.71. The van der Waals surface area contributed by atoms with Crippen molar-refractivity contribution in [3.8, 4) is 11.3 Å². The largest absolute Gasteiger partial charge is 0.345 e. The van der Waals surface area contributed by atoms with Gasteiger partial charge in [-0.25, -0.2) is 9.78 Å². The van der Waals surface area contributed by atoms with Crippen molar-refractivity contribution in [1.29, 1.82) is 0 Å². The van der Waals surface area contributed by atoms with Gasteiger partial charge in [0, 0.05) is 47.8 Å². The van der Waals surface area contributed by atoms with Gasteiger partial charge in [0.2, 0.25) is 0 Å². The fourth-order valence-electron chi connectivity index (χ4n) is 3.51. The second-order valence-electron chi connectivity index (χ2n) is 7.30. The molecule has 1 N–H and O–H groups in total. The first kappa shape index (κ1) is 19.7. The molecule has 7 heteroatoms. The number of aryl methyl sites for hydroxylation is 2. The average Bonchev–Trinajstić information content (AvgIpc) is 3.18. The zero-order valence-electron chi connectivity index (χ0n) is 16.5. The summed E-state index contributed by atoms with van der Waals surface area (Å²) >= 11 is 7.60. The van der Waals surface area contributed by atoms with Crippen LogP contribution in [0.25, 0.3) is 11.3 Å². The van der Waals surface area contributed by atoms with Gasteiger partial charge in [-0.1, -0.05) is 29.8 Å². The number of nitrogens with zero attached hydrogens (tertiary/aromatic N) is 3. The van der Waals surface area contributed by atoms with Crippen molar-refractivity contribution < 1.29 is 4.79 Å². The van der Waals surface area contributed by atoms with E-state index in [1.165, 1.54) is 0 Å². The van der Waals surface area contributed by atoms with E-state index in [1.807, 2.05) is 55.1 Å². The predicted molar refractivity (Wildman–Crippen MR) is 121 cm³/mol. The Morgan fingerprint density at radius 2 is 1.69 bits per heavy atom. The number of piperazine rings is 1. The molecule has 0 bridgehead atoms. The first-order chi connectivity index (χ1) is 14.0. The number of thiazole rings is 1. The van der Waals surface area contributed by atoms with Crippen LogP contribution in [0.5, 0.6) is 0 Å². The van der Waals surface area contributed by atoms with Gasteiger partial charge in [-0.05, 0) is 49.2 Å². The molecule has 2 heterocycles. The standard InChI is InChI=1S/C22H23ClN4OS/c1-15-11-16(2)13-19(12-15)24-21(28)26-7-9-27(10-8-26)22-25-20(14-29-22)17-3-5-18(23)6-4-17/h3-6,11-14H,7-10H2,1-2H3,(H,24,28). The molecule has 0 unspecified atom stereocenters. The van der Waals surface area contributed by atoms with Gasteiger partial charge in [0.15, 0.2) is 5.13 Å². The van der Waals surface area contributed by atoms with Gasteiger partial charge < -0.3 is 15.1 Å². The number of carbonyl (C=O) groups excluding carboxylic acids is 1. The van der Waals surface area contributed by atoms with E-state index >= 15 is 0 Å². The summed E-state index contributed by atoms with van der Waals surface area (Å²) in [6.07, 6.45) is 0. The maximum Gasteiger partial charge on any atom is 0.321 e. The predicted octanol–water partition coefficient (Wildman–Crippen LogP) is 5.43. The van der Waals surface area contributed by atoms with E-state index in [4.69, 9.17) is 16.6 Å². The Labute approximate surface area is 179 Å². The number of benzene rings is 2. The number of aromatic nitrogens is 1. The first-order valence-electron chi connectivity index (χ1n) is 9.58. The molecule has 2 aromatic carbocycles. The van der Waals surface area contributed by atoms with Crippen molar-refractivity contribution in [2.24, 2.45) is 0 Å². The maximum absolute atomic E-state index is 12.6. The lowest BCUT2D eigenvalue weighted by molar-refractivity contribution is 0.208. The third-order valence-corrected chi connectivity index (χ3v) is 6.10. The van der Waals surface area contributed by atoms with Crippen LogP contribution in [-0.4, -0.2) is 42.1 Å². The van der Waals surface area contributed by atoms with Crippen LogP contribution in [0, 0.1) is 13.8 Å². The van der Waals surface area contributed by atoms with Crippen molar-refractivity contribution >= 4 is 39.8 Å². The molecule has 1 fully saturated rings. The van der Waals surface area contributed by atoms with Crippen LogP contribution in [0.3, 0.4) is 0 Å². The van der Waals surface area contributed by atoms with Crippen molar-refractivity contribution in [1.82, 2.24) is 9.88 Å². The molecule has 1 aliphatic rings. The number of nitrogens with one attached hydrogen (secondary N) is 1. The van der Waals surface area contributed by atoms with Crippen LogP contribution in [0.1, 0.15) is 11.1 Å². The molecule has 2 amide bonds. The smallest absolute Gasteiger partial charge is 0.321 e. The summed E-state index contributed by atoms with van der Waals surface area (Å²) in [5, 5.41) is 6.80. The van der Waals surface area contributed by atoms with E-state index in [-0.39, 0.29) is 6.03 Å². The van der Waals surface area contributed by atoms with Crippen LogP contribution in [0.4, 0.5) is 15.6 Å².